The van der Waals surface area contributed by atoms with Crippen molar-refractivity contribution in [1.82, 2.24) is 10.2 Å². The van der Waals surface area contributed by atoms with Crippen LogP contribution in [0.15, 0.2) is 48.5 Å². The number of halogens is 2. The Morgan fingerprint density at radius 3 is 2.31 bits per heavy atom. The van der Waals surface area contributed by atoms with Crippen LogP contribution in [0.3, 0.4) is 0 Å². The van der Waals surface area contributed by atoms with Gasteiger partial charge >= 0.3 is 0 Å². The Morgan fingerprint density at radius 1 is 1.03 bits per heavy atom. The number of carbonyl (C=O) groups is 2. The first-order valence-electron chi connectivity index (χ1n) is 12.0. The molecule has 0 saturated heterocycles. The molecule has 2 atom stereocenters. The van der Waals surface area contributed by atoms with E-state index in [-0.39, 0.29) is 48.0 Å². The van der Waals surface area contributed by atoms with Crippen LogP contribution in [-0.2, 0) is 26.0 Å². The van der Waals surface area contributed by atoms with E-state index in [1.165, 1.54) is 12.1 Å². The van der Waals surface area contributed by atoms with Gasteiger partial charge in [0, 0.05) is 30.6 Å². The number of amides is 2. The van der Waals surface area contributed by atoms with Crippen LogP contribution in [0.25, 0.3) is 0 Å². The molecule has 2 rings (SSSR count). The molecule has 2 aromatic rings. The number of nitrogens with one attached hydrogen (secondary N) is 1. The number of hydrogen-bond acceptors (Lipinski definition) is 4. The van der Waals surface area contributed by atoms with E-state index < -0.39 is 16.1 Å². The van der Waals surface area contributed by atoms with Crippen LogP contribution < -0.4 is 9.62 Å². The molecule has 10 heteroatoms. The van der Waals surface area contributed by atoms with Crippen molar-refractivity contribution in [2.45, 2.75) is 58.5 Å². The summed E-state index contributed by atoms with van der Waals surface area (Å²) in [6.07, 6.45) is 2.78. The second kappa shape index (κ2) is 13.9. The van der Waals surface area contributed by atoms with Gasteiger partial charge in [-0.2, -0.15) is 0 Å². The zero-order valence-electron chi connectivity index (χ0n) is 21.2. The van der Waals surface area contributed by atoms with Crippen LogP contribution in [0.1, 0.15) is 45.6 Å². The molecule has 36 heavy (non-hydrogen) atoms. The highest BCUT2D eigenvalue weighted by Gasteiger charge is 2.27. The molecule has 0 fully saturated rings. The zero-order chi connectivity index (χ0) is 26.9. The van der Waals surface area contributed by atoms with E-state index >= 15 is 0 Å². The van der Waals surface area contributed by atoms with Crippen LogP contribution >= 0.6 is 23.2 Å². The average Bonchev–Trinajstić information content (AvgIpc) is 2.83. The van der Waals surface area contributed by atoms with Crippen LogP contribution in [0.2, 0.25) is 10.0 Å². The number of hydrogen-bond donors (Lipinski definition) is 1. The molecule has 198 valence electrons. The van der Waals surface area contributed by atoms with Crippen molar-refractivity contribution in [1.29, 1.82) is 0 Å². The highest BCUT2D eigenvalue weighted by atomic mass is 35.5. The van der Waals surface area contributed by atoms with Crippen molar-refractivity contribution in [3.63, 3.8) is 0 Å². The van der Waals surface area contributed by atoms with Gasteiger partial charge in [0.1, 0.15) is 6.04 Å². The molecule has 0 aromatic heterocycles. The number of benzene rings is 2. The Labute approximate surface area is 224 Å². The smallest absolute Gasteiger partial charge is 0.242 e. The monoisotopic (exact) mass is 555 g/mol. The molecule has 0 aliphatic rings. The second-order valence-corrected chi connectivity index (χ2v) is 11.6. The van der Waals surface area contributed by atoms with Crippen LogP contribution in [0, 0.1) is 0 Å². The largest absolute Gasteiger partial charge is 0.352 e. The standard InChI is InChI=1S/C26H35Cl2N3O4S/c1-5-19(2)29-26(33)20(3)30(17-15-21-10-7-6-8-11-21)25(32)12-9-16-31(36(4,34)35)24-18-22(27)13-14-23(24)28/h6-8,10-11,13-14,18-20H,5,9,12,15-17H2,1-4H3,(H,29,33)/t19-,20-/m0/s1. The highest BCUT2D eigenvalue weighted by Crippen LogP contribution is 2.31. The summed E-state index contributed by atoms with van der Waals surface area (Å²) in [6.45, 7) is 6.03. The predicted molar refractivity (Wildman–Crippen MR) is 147 cm³/mol. The maximum absolute atomic E-state index is 13.3. The van der Waals surface area contributed by atoms with E-state index in [0.717, 1.165) is 22.5 Å². The minimum atomic E-state index is -3.67. The number of nitrogens with zero attached hydrogens (tertiary/aromatic N) is 2. The Bertz CT molecular complexity index is 1130. The highest BCUT2D eigenvalue weighted by molar-refractivity contribution is 7.92. The fourth-order valence-corrected chi connectivity index (χ4v) is 5.10. The molecular formula is C26H35Cl2N3O4S. The maximum atomic E-state index is 13.3. The van der Waals surface area contributed by atoms with Crippen molar-refractivity contribution in [2.24, 2.45) is 0 Å². The quantitative estimate of drug-likeness (QED) is 0.380. The minimum Gasteiger partial charge on any atom is -0.352 e. The molecule has 0 spiro atoms. The Kier molecular flexibility index (Phi) is 11.5. The fourth-order valence-electron chi connectivity index (χ4n) is 3.69. The third-order valence-corrected chi connectivity index (χ3v) is 7.72. The predicted octanol–water partition coefficient (Wildman–Crippen LogP) is 4.91. The minimum absolute atomic E-state index is 0.00297. The third kappa shape index (κ3) is 8.98. The summed E-state index contributed by atoms with van der Waals surface area (Å²) in [5.41, 5.74) is 1.32. The van der Waals surface area contributed by atoms with E-state index in [0.29, 0.717) is 18.0 Å². The molecule has 0 aliphatic carbocycles. The maximum Gasteiger partial charge on any atom is 0.242 e. The van der Waals surface area contributed by atoms with Crippen molar-refractivity contribution >= 4 is 50.7 Å². The summed E-state index contributed by atoms with van der Waals surface area (Å²) in [4.78, 5) is 27.7. The summed E-state index contributed by atoms with van der Waals surface area (Å²) >= 11 is 12.3. The van der Waals surface area contributed by atoms with Gasteiger partial charge in [0.25, 0.3) is 0 Å². The lowest BCUT2D eigenvalue weighted by molar-refractivity contribution is -0.140. The van der Waals surface area contributed by atoms with Crippen LogP contribution in [0.4, 0.5) is 5.69 Å². The molecule has 7 nitrogen and oxygen atoms in total. The summed E-state index contributed by atoms with van der Waals surface area (Å²) < 4.78 is 26.1. The molecule has 0 unspecified atom stereocenters. The molecule has 0 radical (unpaired) electrons. The molecule has 0 bridgehead atoms. The van der Waals surface area contributed by atoms with Crippen molar-refractivity contribution < 1.29 is 18.0 Å². The van der Waals surface area contributed by atoms with Gasteiger partial charge in [0.05, 0.1) is 17.0 Å². The van der Waals surface area contributed by atoms with Gasteiger partial charge < -0.3 is 10.2 Å². The third-order valence-electron chi connectivity index (χ3n) is 5.98. The van der Waals surface area contributed by atoms with Gasteiger partial charge in [-0.3, -0.25) is 13.9 Å². The summed E-state index contributed by atoms with van der Waals surface area (Å²) in [6, 6.07) is 13.7. The molecule has 2 amide bonds. The van der Waals surface area contributed by atoms with Crippen LogP contribution in [-0.4, -0.2) is 56.6 Å². The van der Waals surface area contributed by atoms with Crippen molar-refractivity contribution in [3.8, 4) is 0 Å². The van der Waals surface area contributed by atoms with Gasteiger partial charge in [0.2, 0.25) is 21.8 Å². The van der Waals surface area contributed by atoms with Gasteiger partial charge in [-0.25, -0.2) is 8.42 Å². The molecular weight excluding hydrogens is 521 g/mol. The summed E-state index contributed by atoms with van der Waals surface area (Å²) in [7, 11) is -3.67. The van der Waals surface area contributed by atoms with E-state index in [1.807, 2.05) is 44.2 Å². The lowest BCUT2D eigenvalue weighted by Crippen LogP contribution is -2.50. The molecule has 0 saturated carbocycles. The zero-order valence-corrected chi connectivity index (χ0v) is 23.5. The lowest BCUT2D eigenvalue weighted by atomic mass is 10.1. The summed E-state index contributed by atoms with van der Waals surface area (Å²) in [5.74, 6) is -0.433. The Hall–Kier alpha value is -2.29. The van der Waals surface area contributed by atoms with E-state index in [9.17, 15) is 18.0 Å². The number of carbonyl (C=O) groups excluding carboxylic acids is 2. The first-order valence-corrected chi connectivity index (χ1v) is 14.6. The number of rotatable bonds is 13. The normalized spacial score (nSPS) is 13.1. The van der Waals surface area contributed by atoms with Gasteiger partial charge in [-0.1, -0.05) is 60.5 Å². The molecule has 1 N–H and O–H groups in total. The summed E-state index contributed by atoms with van der Waals surface area (Å²) in [5, 5.41) is 3.54. The van der Waals surface area contributed by atoms with Gasteiger partial charge in [0.15, 0.2) is 0 Å². The van der Waals surface area contributed by atoms with Gasteiger partial charge in [-0.15, -0.1) is 0 Å². The van der Waals surface area contributed by atoms with E-state index in [2.05, 4.69) is 5.32 Å². The number of sulfonamides is 1. The van der Waals surface area contributed by atoms with Crippen molar-refractivity contribution in [3.05, 3.63) is 64.1 Å². The molecule has 2 aromatic carbocycles. The first kappa shape index (κ1) is 29.9. The molecule has 0 aliphatic heterocycles. The lowest BCUT2D eigenvalue weighted by Gasteiger charge is -2.30. The molecule has 0 heterocycles. The van der Waals surface area contributed by atoms with Crippen molar-refractivity contribution in [2.75, 3.05) is 23.7 Å². The topological polar surface area (TPSA) is 86.8 Å². The fraction of sp³-hybridized carbons (Fsp3) is 0.462. The van der Waals surface area contributed by atoms with Gasteiger partial charge in [-0.05, 0) is 56.9 Å². The first-order chi connectivity index (χ1) is 16.9. The van der Waals surface area contributed by atoms with E-state index in [4.69, 9.17) is 23.2 Å². The Morgan fingerprint density at radius 2 is 1.69 bits per heavy atom. The SMILES string of the molecule is CC[C@H](C)NC(=O)[C@H](C)N(CCc1ccccc1)C(=O)CCCN(c1cc(Cl)ccc1Cl)S(C)(=O)=O. The second-order valence-electron chi connectivity index (χ2n) is 8.85. The van der Waals surface area contributed by atoms with Crippen LogP contribution in [0.5, 0.6) is 0 Å². The van der Waals surface area contributed by atoms with E-state index in [1.54, 1.807) is 17.9 Å². The average molecular weight is 557 g/mol. The number of anilines is 1. The Balaban J connectivity index is 2.15.